The van der Waals surface area contributed by atoms with E-state index in [-0.39, 0.29) is 5.41 Å². The van der Waals surface area contributed by atoms with Gasteiger partial charge in [-0.3, -0.25) is 0 Å². The molecule has 0 saturated carbocycles. The van der Waals surface area contributed by atoms with Crippen LogP contribution in [0, 0.1) is 12.8 Å². The van der Waals surface area contributed by atoms with Gasteiger partial charge in [-0.1, -0.05) is 40.7 Å². The largest absolute Gasteiger partial charge is 0.493 e. The second kappa shape index (κ2) is 5.77. The van der Waals surface area contributed by atoms with Crippen molar-refractivity contribution in [3.63, 3.8) is 0 Å². The lowest BCUT2D eigenvalue weighted by Gasteiger charge is -2.35. The lowest BCUT2D eigenvalue weighted by molar-refractivity contribution is 0.187. The topological polar surface area (TPSA) is 21.3 Å². The van der Waals surface area contributed by atoms with Crippen LogP contribution in [-0.4, -0.2) is 13.2 Å². The van der Waals surface area contributed by atoms with Crippen molar-refractivity contribution in [1.29, 1.82) is 0 Å². The smallest absolute Gasteiger partial charge is 0.127 e. The second-order valence-corrected chi connectivity index (χ2v) is 7.18. The molecule has 1 N–H and O–H groups in total. The summed E-state index contributed by atoms with van der Waals surface area (Å²) in [5.74, 6) is 1.62. The predicted molar refractivity (Wildman–Crippen MR) is 85.6 cm³/mol. The van der Waals surface area contributed by atoms with Crippen LogP contribution in [0.1, 0.15) is 63.8 Å². The minimum absolute atomic E-state index is 0.176. The van der Waals surface area contributed by atoms with E-state index < -0.39 is 0 Å². The normalized spacial score (nSPS) is 22.3. The molecule has 0 fully saturated rings. The molecular formula is C18H29NO. The summed E-state index contributed by atoms with van der Waals surface area (Å²) < 4.78 is 6.00. The zero-order chi connectivity index (χ0) is 14.9. The zero-order valence-electron chi connectivity index (χ0n) is 13.8. The maximum absolute atomic E-state index is 6.00. The first-order chi connectivity index (χ1) is 9.34. The van der Waals surface area contributed by atoms with Gasteiger partial charge in [0, 0.05) is 17.5 Å². The van der Waals surface area contributed by atoms with Crippen molar-refractivity contribution in [2.75, 3.05) is 13.2 Å². The van der Waals surface area contributed by atoms with E-state index >= 15 is 0 Å². The molecular weight excluding hydrogens is 246 g/mol. The molecule has 2 unspecified atom stereocenters. The van der Waals surface area contributed by atoms with Crippen LogP contribution in [-0.2, 0) is 5.41 Å². The third-order valence-corrected chi connectivity index (χ3v) is 4.18. The van der Waals surface area contributed by atoms with Crippen LogP contribution in [0.15, 0.2) is 12.1 Å². The van der Waals surface area contributed by atoms with Crippen molar-refractivity contribution in [1.82, 2.24) is 5.32 Å². The average molecular weight is 275 g/mol. The molecule has 0 bridgehead atoms. The minimum Gasteiger partial charge on any atom is -0.493 e. The summed E-state index contributed by atoms with van der Waals surface area (Å²) in [5, 5.41) is 3.70. The first-order valence-corrected chi connectivity index (χ1v) is 7.85. The van der Waals surface area contributed by atoms with E-state index in [1.807, 2.05) is 0 Å². The molecule has 1 heterocycles. The summed E-state index contributed by atoms with van der Waals surface area (Å²) in [4.78, 5) is 0. The van der Waals surface area contributed by atoms with Gasteiger partial charge < -0.3 is 10.1 Å². The Balaban J connectivity index is 2.45. The molecule has 2 heteroatoms. The van der Waals surface area contributed by atoms with Crippen molar-refractivity contribution >= 4 is 0 Å². The van der Waals surface area contributed by atoms with Gasteiger partial charge in [0.05, 0.1) is 6.61 Å². The Kier molecular flexibility index (Phi) is 4.43. The molecule has 1 aromatic rings. The molecule has 0 saturated heterocycles. The fourth-order valence-electron chi connectivity index (χ4n) is 2.89. The number of ether oxygens (including phenoxy) is 1. The SMILES string of the molecule is CCCNC1c2cc(C(C)(C)C)cc(C)c2OCC1C. The molecule has 2 nitrogen and oxygen atoms in total. The lowest BCUT2D eigenvalue weighted by atomic mass is 9.81. The lowest BCUT2D eigenvalue weighted by Crippen LogP contribution is -2.35. The first kappa shape index (κ1) is 15.4. The summed E-state index contributed by atoms with van der Waals surface area (Å²) in [7, 11) is 0. The highest BCUT2D eigenvalue weighted by Crippen LogP contribution is 2.40. The molecule has 1 aliphatic heterocycles. The summed E-state index contributed by atoms with van der Waals surface area (Å²) in [6, 6.07) is 5.05. The van der Waals surface area contributed by atoms with Crippen molar-refractivity contribution in [3.8, 4) is 5.75 Å². The average Bonchev–Trinajstić information content (AvgIpc) is 2.36. The van der Waals surface area contributed by atoms with Gasteiger partial charge in [0.2, 0.25) is 0 Å². The fourth-order valence-corrected chi connectivity index (χ4v) is 2.89. The van der Waals surface area contributed by atoms with Crippen LogP contribution >= 0.6 is 0 Å². The van der Waals surface area contributed by atoms with E-state index in [1.54, 1.807) is 0 Å². The first-order valence-electron chi connectivity index (χ1n) is 7.85. The molecule has 0 spiro atoms. The maximum atomic E-state index is 6.00. The monoisotopic (exact) mass is 275 g/mol. The Morgan fingerprint density at radius 1 is 1.30 bits per heavy atom. The molecule has 1 aliphatic rings. The number of fused-ring (bicyclic) bond motifs is 1. The van der Waals surface area contributed by atoms with Gasteiger partial charge in [0.15, 0.2) is 0 Å². The number of benzene rings is 1. The standard InChI is InChI=1S/C18H29NO/c1-7-8-19-16-13(3)11-20-17-12(2)9-14(10-15(16)17)18(4,5)6/h9-10,13,16,19H,7-8,11H2,1-6H3. The number of rotatable bonds is 3. The van der Waals surface area contributed by atoms with E-state index in [4.69, 9.17) is 4.74 Å². The third kappa shape index (κ3) is 3.01. The van der Waals surface area contributed by atoms with Gasteiger partial charge in [-0.15, -0.1) is 0 Å². The Bertz CT molecular complexity index is 473. The zero-order valence-corrected chi connectivity index (χ0v) is 13.8. The highest BCUT2D eigenvalue weighted by Gasteiger charge is 2.30. The van der Waals surface area contributed by atoms with Crippen molar-refractivity contribution < 1.29 is 4.74 Å². The van der Waals surface area contributed by atoms with Crippen molar-refractivity contribution in [3.05, 3.63) is 28.8 Å². The Morgan fingerprint density at radius 3 is 2.60 bits per heavy atom. The molecule has 2 rings (SSSR count). The van der Waals surface area contributed by atoms with Crippen molar-refractivity contribution in [2.24, 2.45) is 5.92 Å². The minimum atomic E-state index is 0.176. The van der Waals surface area contributed by atoms with Crippen molar-refractivity contribution in [2.45, 2.75) is 59.4 Å². The molecule has 0 radical (unpaired) electrons. The van der Waals surface area contributed by atoms with Crippen LogP contribution in [0.5, 0.6) is 5.75 Å². The molecule has 0 aliphatic carbocycles. The number of hydrogen-bond acceptors (Lipinski definition) is 2. The molecule has 0 amide bonds. The van der Waals surface area contributed by atoms with Gasteiger partial charge in [-0.2, -0.15) is 0 Å². The van der Waals surface area contributed by atoms with E-state index in [0.717, 1.165) is 25.3 Å². The summed E-state index contributed by atoms with van der Waals surface area (Å²) in [6.07, 6.45) is 1.16. The fraction of sp³-hybridized carbons (Fsp3) is 0.667. The van der Waals surface area contributed by atoms with Gasteiger partial charge >= 0.3 is 0 Å². The van der Waals surface area contributed by atoms with Crippen LogP contribution in [0.25, 0.3) is 0 Å². The molecule has 112 valence electrons. The highest BCUT2D eigenvalue weighted by molar-refractivity contribution is 5.48. The molecule has 1 aromatic carbocycles. The Hall–Kier alpha value is -1.02. The number of nitrogens with one attached hydrogen (secondary N) is 1. The molecule has 2 atom stereocenters. The Morgan fingerprint density at radius 2 is 2.00 bits per heavy atom. The highest BCUT2D eigenvalue weighted by atomic mass is 16.5. The van der Waals surface area contributed by atoms with Gasteiger partial charge in [-0.25, -0.2) is 0 Å². The summed E-state index contributed by atoms with van der Waals surface area (Å²) in [6.45, 7) is 15.4. The van der Waals surface area contributed by atoms with E-state index in [0.29, 0.717) is 12.0 Å². The van der Waals surface area contributed by atoms with Crippen LogP contribution in [0.3, 0.4) is 0 Å². The third-order valence-electron chi connectivity index (χ3n) is 4.18. The Labute approximate surface area is 123 Å². The van der Waals surface area contributed by atoms with E-state index in [9.17, 15) is 0 Å². The predicted octanol–water partition coefficient (Wildman–Crippen LogP) is 4.36. The number of aryl methyl sites for hydroxylation is 1. The van der Waals surface area contributed by atoms with E-state index in [2.05, 4.69) is 59.0 Å². The quantitative estimate of drug-likeness (QED) is 0.885. The van der Waals surface area contributed by atoms with Gasteiger partial charge in [-0.05, 0) is 42.5 Å². The second-order valence-electron chi connectivity index (χ2n) is 7.18. The maximum Gasteiger partial charge on any atom is 0.127 e. The van der Waals surface area contributed by atoms with Gasteiger partial charge in [0.25, 0.3) is 0 Å². The van der Waals surface area contributed by atoms with Crippen LogP contribution < -0.4 is 10.1 Å². The van der Waals surface area contributed by atoms with Gasteiger partial charge in [0.1, 0.15) is 5.75 Å². The van der Waals surface area contributed by atoms with Crippen LogP contribution in [0.2, 0.25) is 0 Å². The summed E-state index contributed by atoms with van der Waals surface area (Å²) in [5.41, 5.74) is 4.19. The molecule has 0 aromatic heterocycles. The van der Waals surface area contributed by atoms with E-state index in [1.165, 1.54) is 16.7 Å². The number of hydrogen-bond donors (Lipinski definition) is 1. The summed E-state index contributed by atoms with van der Waals surface area (Å²) >= 11 is 0. The van der Waals surface area contributed by atoms with Crippen LogP contribution in [0.4, 0.5) is 0 Å². The molecule has 20 heavy (non-hydrogen) atoms.